The summed E-state index contributed by atoms with van der Waals surface area (Å²) < 4.78 is 0. The highest BCUT2D eigenvalue weighted by molar-refractivity contribution is 6.08. The third-order valence-corrected chi connectivity index (χ3v) is 3.58. The van der Waals surface area contributed by atoms with Crippen LogP contribution >= 0.6 is 0 Å². The zero-order valence-corrected chi connectivity index (χ0v) is 12.7. The molecule has 0 aliphatic heterocycles. The molecule has 1 aromatic heterocycles. The van der Waals surface area contributed by atoms with Crippen LogP contribution in [0.4, 0.5) is 0 Å². The molecular formula is C20H17NO. The Labute approximate surface area is 130 Å². The Hall–Kier alpha value is -2.74. The summed E-state index contributed by atoms with van der Waals surface area (Å²) in [7, 11) is 0. The topological polar surface area (TPSA) is 30.0 Å². The van der Waals surface area contributed by atoms with Gasteiger partial charge in [0.15, 0.2) is 5.78 Å². The summed E-state index contributed by atoms with van der Waals surface area (Å²) in [6.45, 7) is 4.15. The summed E-state index contributed by atoms with van der Waals surface area (Å²) in [6.07, 6.45) is 1.66. The van der Waals surface area contributed by atoms with Crippen molar-refractivity contribution in [1.29, 1.82) is 0 Å². The summed E-state index contributed by atoms with van der Waals surface area (Å²) in [4.78, 5) is 16.8. The van der Waals surface area contributed by atoms with Gasteiger partial charge < -0.3 is 0 Å². The monoisotopic (exact) mass is 287 g/mol. The van der Waals surface area contributed by atoms with Crippen molar-refractivity contribution in [3.05, 3.63) is 89.1 Å². The van der Waals surface area contributed by atoms with Crippen molar-refractivity contribution in [3.8, 4) is 11.3 Å². The molecule has 0 fully saturated rings. The molecule has 2 heteroatoms. The minimum atomic E-state index is 0.0000674. The minimum Gasteiger partial charge on any atom is -0.289 e. The second-order valence-electron chi connectivity index (χ2n) is 5.50. The number of benzene rings is 2. The smallest absolute Gasteiger partial charge is 0.194 e. The first kappa shape index (κ1) is 14.2. The van der Waals surface area contributed by atoms with E-state index in [1.165, 1.54) is 11.1 Å². The standard InChI is InChI=1S/C20H17NO/c1-14-10-15(2)12-18(11-14)19-9-8-17(13-21-19)20(22)16-6-4-3-5-7-16/h3-13H,1-2H3. The van der Waals surface area contributed by atoms with Gasteiger partial charge in [0.1, 0.15) is 0 Å². The average Bonchev–Trinajstić information content (AvgIpc) is 2.54. The molecule has 1 heterocycles. The molecular weight excluding hydrogens is 270 g/mol. The lowest BCUT2D eigenvalue weighted by Gasteiger charge is -2.06. The number of aromatic nitrogens is 1. The first-order valence-electron chi connectivity index (χ1n) is 7.28. The fourth-order valence-electron chi connectivity index (χ4n) is 2.58. The molecule has 2 aromatic carbocycles. The van der Waals surface area contributed by atoms with E-state index in [0.29, 0.717) is 11.1 Å². The van der Waals surface area contributed by atoms with E-state index < -0.39 is 0 Å². The third kappa shape index (κ3) is 2.96. The van der Waals surface area contributed by atoms with Crippen molar-refractivity contribution in [1.82, 2.24) is 4.98 Å². The predicted octanol–water partition coefficient (Wildman–Crippen LogP) is 4.60. The summed E-state index contributed by atoms with van der Waals surface area (Å²) in [5, 5.41) is 0. The van der Waals surface area contributed by atoms with Gasteiger partial charge in [-0.25, -0.2) is 0 Å². The van der Waals surface area contributed by atoms with Crippen molar-refractivity contribution < 1.29 is 4.79 Å². The van der Waals surface area contributed by atoms with Crippen LogP contribution in [0.2, 0.25) is 0 Å². The lowest BCUT2D eigenvalue weighted by atomic mass is 10.0. The molecule has 0 unspecified atom stereocenters. The Bertz CT molecular complexity index is 785. The Kier molecular flexibility index (Phi) is 3.84. The van der Waals surface area contributed by atoms with Crippen LogP contribution in [0, 0.1) is 13.8 Å². The van der Waals surface area contributed by atoms with Crippen LogP contribution in [0.25, 0.3) is 11.3 Å². The molecule has 108 valence electrons. The van der Waals surface area contributed by atoms with E-state index in [9.17, 15) is 4.79 Å². The number of hydrogen-bond donors (Lipinski definition) is 0. The van der Waals surface area contributed by atoms with Gasteiger partial charge in [-0.2, -0.15) is 0 Å². The van der Waals surface area contributed by atoms with Gasteiger partial charge in [0.2, 0.25) is 0 Å². The number of pyridine rings is 1. The van der Waals surface area contributed by atoms with E-state index in [-0.39, 0.29) is 5.78 Å². The summed E-state index contributed by atoms with van der Waals surface area (Å²) in [5.41, 5.74) is 5.68. The molecule has 0 aliphatic carbocycles. The van der Waals surface area contributed by atoms with Gasteiger partial charge in [0, 0.05) is 22.9 Å². The van der Waals surface area contributed by atoms with Crippen LogP contribution in [-0.2, 0) is 0 Å². The molecule has 0 radical (unpaired) electrons. The van der Waals surface area contributed by atoms with Crippen molar-refractivity contribution in [2.24, 2.45) is 0 Å². The second-order valence-corrected chi connectivity index (χ2v) is 5.50. The Morgan fingerprint density at radius 1 is 0.818 bits per heavy atom. The zero-order chi connectivity index (χ0) is 15.5. The van der Waals surface area contributed by atoms with Gasteiger partial charge in [-0.15, -0.1) is 0 Å². The minimum absolute atomic E-state index is 0.0000674. The molecule has 0 atom stereocenters. The quantitative estimate of drug-likeness (QED) is 0.659. The van der Waals surface area contributed by atoms with E-state index in [4.69, 9.17) is 0 Å². The second kappa shape index (κ2) is 5.94. The molecule has 0 N–H and O–H groups in total. The zero-order valence-electron chi connectivity index (χ0n) is 12.7. The maximum atomic E-state index is 12.4. The fourth-order valence-corrected chi connectivity index (χ4v) is 2.58. The van der Waals surface area contributed by atoms with Gasteiger partial charge in [-0.1, -0.05) is 47.5 Å². The molecule has 22 heavy (non-hydrogen) atoms. The van der Waals surface area contributed by atoms with Crippen LogP contribution in [0.1, 0.15) is 27.0 Å². The van der Waals surface area contributed by atoms with Crippen LogP contribution in [-0.4, -0.2) is 10.8 Å². The summed E-state index contributed by atoms with van der Waals surface area (Å²) >= 11 is 0. The number of rotatable bonds is 3. The highest BCUT2D eigenvalue weighted by Gasteiger charge is 2.09. The number of ketones is 1. The van der Waals surface area contributed by atoms with Crippen LogP contribution < -0.4 is 0 Å². The highest BCUT2D eigenvalue weighted by Crippen LogP contribution is 2.21. The lowest BCUT2D eigenvalue weighted by molar-refractivity contribution is 0.103. The SMILES string of the molecule is Cc1cc(C)cc(-c2ccc(C(=O)c3ccccc3)cn2)c1. The average molecular weight is 287 g/mol. The molecule has 0 saturated carbocycles. The predicted molar refractivity (Wildman–Crippen MR) is 89.0 cm³/mol. The molecule has 0 aliphatic rings. The van der Waals surface area contributed by atoms with Gasteiger partial charge in [-0.05, 0) is 38.1 Å². The number of aryl methyl sites for hydroxylation is 2. The number of hydrogen-bond acceptors (Lipinski definition) is 2. The normalized spacial score (nSPS) is 10.5. The van der Waals surface area contributed by atoms with E-state index in [1.807, 2.05) is 42.5 Å². The summed E-state index contributed by atoms with van der Waals surface area (Å²) in [6, 6.07) is 19.4. The Morgan fingerprint density at radius 3 is 2.09 bits per heavy atom. The lowest BCUT2D eigenvalue weighted by Crippen LogP contribution is -2.01. The van der Waals surface area contributed by atoms with E-state index in [2.05, 4.69) is 37.0 Å². The first-order chi connectivity index (χ1) is 10.6. The molecule has 3 rings (SSSR count). The summed E-state index contributed by atoms with van der Waals surface area (Å²) in [5.74, 6) is 0.0000674. The maximum Gasteiger partial charge on any atom is 0.194 e. The van der Waals surface area contributed by atoms with E-state index in [0.717, 1.165) is 11.3 Å². The molecule has 0 bridgehead atoms. The molecule has 2 nitrogen and oxygen atoms in total. The van der Waals surface area contributed by atoms with E-state index in [1.54, 1.807) is 6.20 Å². The van der Waals surface area contributed by atoms with Crippen LogP contribution in [0.15, 0.2) is 66.9 Å². The number of carbonyl (C=O) groups is 1. The van der Waals surface area contributed by atoms with Crippen molar-refractivity contribution in [2.45, 2.75) is 13.8 Å². The molecule has 3 aromatic rings. The fraction of sp³-hybridized carbons (Fsp3) is 0.100. The molecule has 0 saturated heterocycles. The Morgan fingerprint density at radius 2 is 1.50 bits per heavy atom. The first-order valence-corrected chi connectivity index (χ1v) is 7.28. The third-order valence-electron chi connectivity index (χ3n) is 3.58. The van der Waals surface area contributed by atoms with Crippen LogP contribution in [0.3, 0.4) is 0 Å². The number of nitrogens with zero attached hydrogens (tertiary/aromatic N) is 1. The van der Waals surface area contributed by atoms with Crippen molar-refractivity contribution in [3.63, 3.8) is 0 Å². The van der Waals surface area contributed by atoms with Gasteiger partial charge in [0.05, 0.1) is 5.69 Å². The van der Waals surface area contributed by atoms with Gasteiger partial charge >= 0.3 is 0 Å². The Balaban J connectivity index is 1.91. The molecule has 0 amide bonds. The van der Waals surface area contributed by atoms with Crippen LogP contribution in [0.5, 0.6) is 0 Å². The van der Waals surface area contributed by atoms with Gasteiger partial charge in [0.25, 0.3) is 0 Å². The maximum absolute atomic E-state index is 12.4. The van der Waals surface area contributed by atoms with E-state index >= 15 is 0 Å². The van der Waals surface area contributed by atoms with Crippen molar-refractivity contribution in [2.75, 3.05) is 0 Å². The van der Waals surface area contributed by atoms with Gasteiger partial charge in [-0.3, -0.25) is 9.78 Å². The molecule has 0 spiro atoms. The highest BCUT2D eigenvalue weighted by atomic mass is 16.1. The largest absolute Gasteiger partial charge is 0.289 e. The number of carbonyl (C=O) groups excluding carboxylic acids is 1. The van der Waals surface area contributed by atoms with Crippen molar-refractivity contribution >= 4 is 5.78 Å².